The summed E-state index contributed by atoms with van der Waals surface area (Å²) in [6.07, 6.45) is 2.61. The number of amides is 1. The first-order valence-corrected chi connectivity index (χ1v) is 11.6. The number of carbonyl (C=O) groups is 1. The molecule has 0 spiro atoms. The van der Waals surface area contributed by atoms with Crippen LogP contribution in [0.1, 0.15) is 18.4 Å². The van der Waals surface area contributed by atoms with Gasteiger partial charge in [0.2, 0.25) is 5.91 Å². The first-order valence-electron chi connectivity index (χ1n) is 11.6. The highest BCUT2D eigenvalue weighted by atomic mass is 16.6. The van der Waals surface area contributed by atoms with Crippen LogP contribution in [0.4, 0.5) is 5.69 Å². The zero-order valence-electron chi connectivity index (χ0n) is 19.1. The van der Waals surface area contributed by atoms with Crippen LogP contribution < -0.4 is 5.76 Å². The molecule has 0 aliphatic carbocycles. The monoisotopic (exact) mass is 475 g/mol. The minimum absolute atomic E-state index is 0.0629. The van der Waals surface area contributed by atoms with Gasteiger partial charge in [-0.1, -0.05) is 24.3 Å². The second kappa shape index (κ2) is 9.67. The second-order valence-corrected chi connectivity index (χ2v) is 8.68. The van der Waals surface area contributed by atoms with Crippen LogP contribution >= 0.6 is 0 Å². The average Bonchev–Trinajstić information content (AvgIpc) is 3.18. The Bertz CT molecular complexity index is 1450. The van der Waals surface area contributed by atoms with Crippen LogP contribution in [0.15, 0.2) is 63.9 Å². The van der Waals surface area contributed by atoms with Crippen molar-refractivity contribution >= 4 is 33.6 Å². The molecular formula is C25H25N5O5. The van der Waals surface area contributed by atoms with Crippen molar-refractivity contribution in [1.82, 2.24) is 19.4 Å². The summed E-state index contributed by atoms with van der Waals surface area (Å²) in [4.78, 5) is 44.1. The van der Waals surface area contributed by atoms with Crippen molar-refractivity contribution in [3.63, 3.8) is 0 Å². The van der Waals surface area contributed by atoms with Crippen LogP contribution in [0.25, 0.3) is 22.0 Å². The number of non-ortho nitro benzene ring substituents is 1. The van der Waals surface area contributed by atoms with Gasteiger partial charge in [-0.15, -0.1) is 0 Å². The van der Waals surface area contributed by atoms with Crippen molar-refractivity contribution < 1.29 is 14.1 Å². The molecule has 1 saturated heterocycles. The third-order valence-electron chi connectivity index (χ3n) is 6.47. The fourth-order valence-electron chi connectivity index (χ4n) is 4.62. The van der Waals surface area contributed by atoms with Crippen LogP contribution in [-0.2, 0) is 17.9 Å². The summed E-state index contributed by atoms with van der Waals surface area (Å²) in [7, 11) is 0. The van der Waals surface area contributed by atoms with E-state index in [1.807, 2.05) is 17.2 Å². The van der Waals surface area contributed by atoms with E-state index in [9.17, 15) is 19.7 Å². The summed E-state index contributed by atoms with van der Waals surface area (Å²) in [6.45, 7) is 4.01. The van der Waals surface area contributed by atoms with Gasteiger partial charge in [-0.3, -0.25) is 29.4 Å². The SMILES string of the molecule is O=C(CCCn1c(=O)oc2cc([N+](=O)[O-])ccc21)N1CCN(Cc2cccc3cccnc23)CC1. The maximum absolute atomic E-state index is 12.7. The van der Waals surface area contributed by atoms with Gasteiger partial charge < -0.3 is 9.32 Å². The molecule has 0 bridgehead atoms. The van der Waals surface area contributed by atoms with E-state index in [1.54, 1.807) is 0 Å². The predicted octanol–water partition coefficient (Wildman–Crippen LogP) is 3.18. The Morgan fingerprint density at radius 2 is 1.89 bits per heavy atom. The predicted molar refractivity (Wildman–Crippen MR) is 130 cm³/mol. The summed E-state index contributed by atoms with van der Waals surface area (Å²) in [6, 6.07) is 14.3. The van der Waals surface area contributed by atoms with Gasteiger partial charge in [0.15, 0.2) is 5.58 Å². The number of hydrogen-bond donors (Lipinski definition) is 0. The summed E-state index contributed by atoms with van der Waals surface area (Å²) in [5.41, 5.74) is 2.73. The number of oxazole rings is 1. The minimum atomic E-state index is -0.579. The van der Waals surface area contributed by atoms with Crippen LogP contribution in [-0.4, -0.2) is 56.4 Å². The van der Waals surface area contributed by atoms with Gasteiger partial charge in [0.1, 0.15) is 0 Å². The number of nitro groups is 1. The lowest BCUT2D eigenvalue weighted by Gasteiger charge is -2.35. The molecule has 0 N–H and O–H groups in total. The zero-order valence-corrected chi connectivity index (χ0v) is 19.1. The molecule has 10 nitrogen and oxygen atoms in total. The third kappa shape index (κ3) is 4.78. The van der Waals surface area contributed by atoms with E-state index in [-0.39, 0.29) is 17.2 Å². The quantitative estimate of drug-likeness (QED) is 0.298. The van der Waals surface area contributed by atoms with Gasteiger partial charge in [-0.2, -0.15) is 0 Å². The zero-order chi connectivity index (χ0) is 24.4. The lowest BCUT2D eigenvalue weighted by molar-refractivity contribution is -0.384. The maximum Gasteiger partial charge on any atom is 0.419 e. The lowest BCUT2D eigenvalue weighted by Crippen LogP contribution is -2.48. The molecule has 2 aromatic heterocycles. The molecule has 0 unspecified atom stereocenters. The topological polar surface area (TPSA) is 115 Å². The number of hydrogen-bond acceptors (Lipinski definition) is 7. The van der Waals surface area contributed by atoms with E-state index in [0.29, 0.717) is 38.0 Å². The molecule has 35 heavy (non-hydrogen) atoms. The van der Waals surface area contributed by atoms with Crippen LogP contribution in [0.3, 0.4) is 0 Å². The molecule has 5 rings (SSSR count). The van der Waals surface area contributed by atoms with E-state index < -0.39 is 10.7 Å². The highest BCUT2D eigenvalue weighted by Gasteiger charge is 2.22. The summed E-state index contributed by atoms with van der Waals surface area (Å²) >= 11 is 0. The van der Waals surface area contributed by atoms with E-state index in [2.05, 4.69) is 34.1 Å². The van der Waals surface area contributed by atoms with Crippen molar-refractivity contribution in [3.8, 4) is 0 Å². The van der Waals surface area contributed by atoms with Crippen LogP contribution in [0.2, 0.25) is 0 Å². The van der Waals surface area contributed by atoms with Crippen molar-refractivity contribution in [2.45, 2.75) is 25.9 Å². The Morgan fingerprint density at radius 1 is 1.09 bits per heavy atom. The number of piperazine rings is 1. The highest BCUT2D eigenvalue weighted by molar-refractivity contribution is 5.81. The first-order chi connectivity index (χ1) is 17.0. The highest BCUT2D eigenvalue weighted by Crippen LogP contribution is 2.21. The Balaban J connectivity index is 1.13. The van der Waals surface area contributed by atoms with E-state index in [0.717, 1.165) is 30.5 Å². The van der Waals surface area contributed by atoms with Crippen LogP contribution in [0.5, 0.6) is 0 Å². The van der Waals surface area contributed by atoms with Gasteiger partial charge in [0.05, 0.1) is 22.0 Å². The normalized spacial score (nSPS) is 14.6. The molecule has 10 heteroatoms. The molecule has 0 saturated carbocycles. The van der Waals surface area contributed by atoms with E-state index >= 15 is 0 Å². The largest absolute Gasteiger partial charge is 0.419 e. The van der Waals surface area contributed by atoms with Crippen molar-refractivity contribution in [3.05, 3.63) is 81.0 Å². The first kappa shape index (κ1) is 22.7. The standard InChI is InChI=1S/C25H25N5O5/c31-23(7-3-11-29-21-9-8-20(30(33)34)16-22(21)35-25(29)32)28-14-12-27(13-15-28)17-19-5-1-4-18-6-2-10-26-24(18)19/h1-2,4-6,8-10,16H,3,7,11-15,17H2. The van der Waals surface area contributed by atoms with E-state index in [1.165, 1.54) is 28.3 Å². The smallest absolute Gasteiger partial charge is 0.407 e. The van der Waals surface area contributed by atoms with E-state index in [4.69, 9.17) is 4.42 Å². The van der Waals surface area contributed by atoms with Gasteiger partial charge in [-0.25, -0.2) is 4.79 Å². The number of nitro benzene ring substituents is 1. The molecule has 0 atom stereocenters. The van der Waals surface area contributed by atoms with Crippen molar-refractivity contribution in [2.75, 3.05) is 26.2 Å². The van der Waals surface area contributed by atoms with Gasteiger partial charge >= 0.3 is 5.76 Å². The molecule has 1 aliphatic rings. The molecule has 180 valence electrons. The molecule has 3 heterocycles. The molecule has 0 radical (unpaired) electrons. The average molecular weight is 476 g/mol. The number of pyridine rings is 1. The molecule has 4 aromatic rings. The Morgan fingerprint density at radius 3 is 2.69 bits per heavy atom. The molecule has 1 fully saturated rings. The fraction of sp³-hybridized carbons (Fsp3) is 0.320. The fourth-order valence-corrected chi connectivity index (χ4v) is 4.62. The molecular weight excluding hydrogens is 450 g/mol. The van der Waals surface area contributed by atoms with Crippen molar-refractivity contribution in [1.29, 1.82) is 0 Å². The third-order valence-corrected chi connectivity index (χ3v) is 6.47. The Labute approximate surface area is 200 Å². The summed E-state index contributed by atoms with van der Waals surface area (Å²) in [5.74, 6) is -0.516. The Hall–Kier alpha value is -4.05. The number of fused-ring (bicyclic) bond motifs is 2. The number of aromatic nitrogens is 2. The van der Waals surface area contributed by atoms with Gasteiger partial charge in [0.25, 0.3) is 5.69 Å². The summed E-state index contributed by atoms with van der Waals surface area (Å²) < 4.78 is 6.57. The number of para-hydroxylation sites is 1. The molecule has 1 amide bonds. The summed E-state index contributed by atoms with van der Waals surface area (Å²) in [5, 5.41) is 12.1. The van der Waals surface area contributed by atoms with Gasteiger partial charge in [-0.05, 0) is 24.1 Å². The van der Waals surface area contributed by atoms with Gasteiger partial charge in [0, 0.05) is 63.3 Å². The number of aryl methyl sites for hydroxylation is 1. The molecule has 2 aromatic carbocycles. The number of nitrogens with zero attached hydrogens (tertiary/aromatic N) is 5. The Kier molecular flexibility index (Phi) is 6.28. The van der Waals surface area contributed by atoms with Crippen LogP contribution in [0, 0.1) is 10.1 Å². The minimum Gasteiger partial charge on any atom is -0.407 e. The molecule has 1 aliphatic heterocycles. The number of rotatable bonds is 7. The second-order valence-electron chi connectivity index (χ2n) is 8.68. The number of benzene rings is 2. The maximum atomic E-state index is 12.7. The lowest BCUT2D eigenvalue weighted by atomic mass is 10.1. The van der Waals surface area contributed by atoms with Crippen molar-refractivity contribution in [2.24, 2.45) is 0 Å². The number of carbonyl (C=O) groups excluding carboxylic acids is 1.